The van der Waals surface area contributed by atoms with Gasteiger partial charge in [-0.25, -0.2) is 4.98 Å². The summed E-state index contributed by atoms with van der Waals surface area (Å²) >= 11 is 0. The first-order chi connectivity index (χ1) is 10.6. The molecule has 22 heavy (non-hydrogen) atoms. The van der Waals surface area contributed by atoms with Crippen molar-refractivity contribution >= 4 is 22.6 Å². The largest absolute Gasteiger partial charge is 0.343 e. The smallest absolute Gasteiger partial charge is 0.247 e. The van der Waals surface area contributed by atoms with Crippen molar-refractivity contribution in [3.8, 4) is 11.1 Å². The molecule has 1 amide bonds. The van der Waals surface area contributed by atoms with E-state index >= 15 is 0 Å². The Morgan fingerprint density at radius 2 is 2.14 bits per heavy atom. The monoisotopic (exact) mass is 291 g/mol. The summed E-state index contributed by atoms with van der Waals surface area (Å²) < 4.78 is 0. The van der Waals surface area contributed by atoms with Gasteiger partial charge in [0.25, 0.3) is 0 Å². The van der Waals surface area contributed by atoms with Gasteiger partial charge >= 0.3 is 0 Å². The molecule has 0 saturated heterocycles. The number of H-pyrrole nitrogens is 1. The van der Waals surface area contributed by atoms with E-state index in [2.05, 4.69) is 27.9 Å². The molecule has 0 unspecified atom stereocenters. The van der Waals surface area contributed by atoms with Crippen LogP contribution >= 0.6 is 0 Å². The van der Waals surface area contributed by atoms with Crippen molar-refractivity contribution in [1.29, 1.82) is 0 Å². The summed E-state index contributed by atoms with van der Waals surface area (Å²) in [6.07, 6.45) is 3.04. The number of amides is 1. The maximum Gasteiger partial charge on any atom is 0.247 e. The Hall–Kier alpha value is -2.88. The highest BCUT2D eigenvalue weighted by Gasteiger charge is 2.12. The highest BCUT2D eigenvalue weighted by atomic mass is 16.1. The topological polar surface area (TPSA) is 57.8 Å². The Morgan fingerprint density at radius 1 is 1.32 bits per heavy atom. The van der Waals surface area contributed by atoms with Gasteiger partial charge in [0.1, 0.15) is 5.65 Å². The van der Waals surface area contributed by atoms with Gasteiger partial charge in [0.15, 0.2) is 0 Å². The number of fused-ring (bicyclic) bond motifs is 1. The van der Waals surface area contributed by atoms with E-state index in [1.165, 1.54) is 6.08 Å². The van der Waals surface area contributed by atoms with E-state index in [1.54, 1.807) is 6.20 Å². The zero-order valence-electron chi connectivity index (χ0n) is 12.6. The summed E-state index contributed by atoms with van der Waals surface area (Å²) in [7, 11) is 0. The van der Waals surface area contributed by atoms with Crippen molar-refractivity contribution < 1.29 is 4.79 Å². The first kappa shape index (κ1) is 14.1. The van der Waals surface area contributed by atoms with Crippen molar-refractivity contribution in [2.24, 2.45) is 0 Å². The lowest BCUT2D eigenvalue weighted by atomic mass is 10.0. The number of aromatic nitrogens is 2. The molecule has 4 heteroatoms. The van der Waals surface area contributed by atoms with Crippen LogP contribution in [0.5, 0.6) is 0 Å². The van der Waals surface area contributed by atoms with Crippen molar-refractivity contribution in [2.45, 2.75) is 13.8 Å². The SMILES string of the molecule is C=CC(=O)Nc1cc(-c2c(C)[nH]c3ncccc23)ccc1C. The first-order valence-corrected chi connectivity index (χ1v) is 7.08. The fourth-order valence-electron chi connectivity index (χ4n) is 2.62. The van der Waals surface area contributed by atoms with E-state index in [-0.39, 0.29) is 5.91 Å². The lowest BCUT2D eigenvalue weighted by molar-refractivity contribution is -0.111. The lowest BCUT2D eigenvalue weighted by Gasteiger charge is -2.10. The van der Waals surface area contributed by atoms with E-state index in [4.69, 9.17) is 0 Å². The maximum absolute atomic E-state index is 11.6. The number of hydrogen-bond acceptors (Lipinski definition) is 2. The number of aromatic amines is 1. The minimum atomic E-state index is -0.211. The molecular formula is C18H17N3O. The van der Waals surface area contributed by atoms with Gasteiger partial charge in [0.05, 0.1) is 0 Å². The Balaban J connectivity index is 2.15. The number of nitrogens with zero attached hydrogens (tertiary/aromatic N) is 1. The zero-order valence-corrected chi connectivity index (χ0v) is 12.6. The summed E-state index contributed by atoms with van der Waals surface area (Å²) in [5.41, 5.74) is 5.87. The number of benzene rings is 1. The minimum Gasteiger partial charge on any atom is -0.343 e. The van der Waals surface area contributed by atoms with Gasteiger partial charge in [-0.1, -0.05) is 18.7 Å². The molecule has 0 fully saturated rings. The van der Waals surface area contributed by atoms with Crippen LogP contribution in [0.2, 0.25) is 0 Å². The second-order valence-electron chi connectivity index (χ2n) is 5.25. The summed E-state index contributed by atoms with van der Waals surface area (Å²) in [5, 5.41) is 3.92. The Labute approximate surface area is 128 Å². The fraction of sp³-hybridized carbons (Fsp3) is 0.111. The van der Waals surface area contributed by atoms with Crippen LogP contribution in [0.1, 0.15) is 11.3 Å². The van der Waals surface area contributed by atoms with Gasteiger partial charge in [0.2, 0.25) is 5.91 Å². The molecule has 0 saturated carbocycles. The van der Waals surface area contributed by atoms with E-state index in [0.717, 1.165) is 39.1 Å². The van der Waals surface area contributed by atoms with Gasteiger partial charge in [-0.2, -0.15) is 0 Å². The zero-order chi connectivity index (χ0) is 15.7. The fourth-order valence-corrected chi connectivity index (χ4v) is 2.62. The molecule has 3 rings (SSSR count). The van der Waals surface area contributed by atoms with Crippen LogP contribution in [-0.2, 0) is 4.79 Å². The molecule has 0 spiro atoms. The number of carbonyl (C=O) groups excluding carboxylic acids is 1. The van der Waals surface area contributed by atoms with Crippen LogP contribution in [0.15, 0.2) is 49.2 Å². The summed E-state index contributed by atoms with van der Waals surface area (Å²) in [6, 6.07) is 10.0. The van der Waals surface area contributed by atoms with E-state index in [1.807, 2.05) is 38.1 Å². The maximum atomic E-state index is 11.6. The Bertz CT molecular complexity index is 877. The predicted octanol–water partition coefficient (Wildman–Crippen LogP) is 3.97. The third-order valence-electron chi connectivity index (χ3n) is 3.73. The van der Waals surface area contributed by atoms with E-state index in [9.17, 15) is 4.79 Å². The molecule has 4 nitrogen and oxygen atoms in total. The third kappa shape index (κ3) is 2.39. The second-order valence-corrected chi connectivity index (χ2v) is 5.25. The van der Waals surface area contributed by atoms with E-state index in [0.29, 0.717) is 0 Å². The molecular weight excluding hydrogens is 274 g/mol. The number of hydrogen-bond donors (Lipinski definition) is 2. The quantitative estimate of drug-likeness (QED) is 0.717. The molecule has 0 atom stereocenters. The summed E-state index contributed by atoms with van der Waals surface area (Å²) in [6.45, 7) is 7.48. The number of nitrogens with one attached hydrogen (secondary N) is 2. The molecule has 1 aromatic carbocycles. The lowest BCUT2D eigenvalue weighted by Crippen LogP contribution is -2.08. The molecule has 2 heterocycles. The number of carbonyl (C=O) groups is 1. The minimum absolute atomic E-state index is 0.211. The standard InChI is InChI=1S/C18H17N3O/c1-4-16(22)21-15-10-13(8-7-11(15)2)17-12(3)20-18-14(17)6-5-9-19-18/h4-10H,1H2,2-3H3,(H,19,20)(H,21,22). The third-order valence-corrected chi connectivity index (χ3v) is 3.73. The highest BCUT2D eigenvalue weighted by Crippen LogP contribution is 2.33. The molecule has 2 N–H and O–H groups in total. The molecule has 110 valence electrons. The normalized spacial score (nSPS) is 10.6. The summed E-state index contributed by atoms with van der Waals surface area (Å²) in [5.74, 6) is -0.211. The van der Waals surface area contributed by atoms with Gasteiger partial charge < -0.3 is 10.3 Å². The summed E-state index contributed by atoms with van der Waals surface area (Å²) in [4.78, 5) is 19.2. The molecule has 0 aliphatic rings. The average molecular weight is 291 g/mol. The van der Waals surface area contributed by atoms with Crippen LogP contribution in [-0.4, -0.2) is 15.9 Å². The van der Waals surface area contributed by atoms with Gasteiger partial charge in [-0.15, -0.1) is 0 Å². The highest BCUT2D eigenvalue weighted by molar-refractivity contribution is 6.01. The number of pyridine rings is 1. The van der Waals surface area contributed by atoms with Crippen molar-refractivity contribution in [3.63, 3.8) is 0 Å². The first-order valence-electron chi connectivity index (χ1n) is 7.08. The second kappa shape index (κ2) is 5.48. The van der Waals surface area contributed by atoms with Crippen LogP contribution in [0, 0.1) is 13.8 Å². The van der Waals surface area contributed by atoms with E-state index < -0.39 is 0 Å². The molecule has 0 aliphatic heterocycles. The molecule has 3 aromatic rings. The van der Waals surface area contributed by atoms with Crippen molar-refractivity contribution in [3.05, 3.63) is 60.4 Å². The van der Waals surface area contributed by atoms with Crippen molar-refractivity contribution in [2.75, 3.05) is 5.32 Å². The number of rotatable bonds is 3. The molecule has 2 aromatic heterocycles. The van der Waals surface area contributed by atoms with Crippen molar-refractivity contribution in [1.82, 2.24) is 9.97 Å². The predicted molar refractivity (Wildman–Crippen MR) is 89.8 cm³/mol. The molecule has 0 radical (unpaired) electrons. The Morgan fingerprint density at radius 3 is 2.91 bits per heavy atom. The molecule has 0 aliphatic carbocycles. The Kier molecular flexibility index (Phi) is 3.51. The van der Waals surface area contributed by atoms with Crippen LogP contribution in [0.4, 0.5) is 5.69 Å². The van der Waals surface area contributed by atoms with Gasteiger partial charge in [0, 0.05) is 28.5 Å². The van der Waals surface area contributed by atoms with Crippen LogP contribution in [0.3, 0.4) is 0 Å². The van der Waals surface area contributed by atoms with Crippen LogP contribution in [0.25, 0.3) is 22.2 Å². The van der Waals surface area contributed by atoms with Gasteiger partial charge in [-0.3, -0.25) is 4.79 Å². The number of aryl methyl sites for hydroxylation is 2. The van der Waals surface area contributed by atoms with Gasteiger partial charge in [-0.05, 0) is 49.2 Å². The average Bonchev–Trinajstić information content (AvgIpc) is 2.85. The van der Waals surface area contributed by atoms with Crippen LogP contribution < -0.4 is 5.32 Å². The number of anilines is 1. The molecule has 0 bridgehead atoms.